The molecule has 2 rings (SSSR count). The normalized spacial score (nSPS) is 9.35. The van der Waals surface area contributed by atoms with Crippen LogP contribution in [-0.2, 0) is 0 Å². The van der Waals surface area contributed by atoms with E-state index >= 15 is 0 Å². The molecule has 2 heteroatoms. The first-order valence-corrected chi connectivity index (χ1v) is 7.53. The average molecular weight is 284 g/mol. The van der Waals surface area contributed by atoms with Gasteiger partial charge in [-0.05, 0) is 24.6 Å². The van der Waals surface area contributed by atoms with Crippen LogP contribution in [0.25, 0.3) is 6.08 Å². The summed E-state index contributed by atoms with van der Waals surface area (Å²) in [4.78, 5) is 13.7. The van der Waals surface area contributed by atoms with Crippen LogP contribution in [0.4, 0.5) is 0 Å². The van der Waals surface area contributed by atoms with Crippen molar-refractivity contribution in [1.29, 1.82) is 0 Å². The lowest BCUT2D eigenvalue weighted by Gasteiger charge is -2.08. The number of carbonyl (C=O) groups is 1. The van der Waals surface area contributed by atoms with E-state index in [1.165, 1.54) is 0 Å². The van der Waals surface area contributed by atoms with Crippen LogP contribution in [-0.4, -0.2) is 5.78 Å². The van der Waals surface area contributed by atoms with E-state index in [2.05, 4.69) is 6.58 Å². The van der Waals surface area contributed by atoms with Crippen LogP contribution in [0.3, 0.4) is 0 Å². The Kier molecular flexibility index (Phi) is 6.82. The van der Waals surface area contributed by atoms with Crippen LogP contribution in [0.2, 0.25) is 0 Å². The van der Waals surface area contributed by atoms with E-state index in [0.29, 0.717) is 0 Å². The average Bonchev–Trinajstić information content (AvgIpc) is 2.50. The molecular weight excluding hydrogens is 264 g/mol. The minimum atomic E-state index is 0.0918. The van der Waals surface area contributed by atoms with Gasteiger partial charge in [-0.2, -0.15) is 0 Å². The quantitative estimate of drug-likeness (QED) is 0.669. The molecule has 20 heavy (non-hydrogen) atoms. The number of carbonyl (C=O) groups excluding carboxylic acids is 1. The van der Waals surface area contributed by atoms with E-state index in [4.69, 9.17) is 0 Å². The van der Waals surface area contributed by atoms with E-state index in [-0.39, 0.29) is 5.78 Å². The molecule has 0 N–H and O–H groups in total. The fourth-order valence-corrected chi connectivity index (χ4v) is 2.83. The Hall–Kier alpha value is -1.80. The predicted molar refractivity (Wildman–Crippen MR) is 88.5 cm³/mol. The minimum Gasteiger partial charge on any atom is -0.294 e. The van der Waals surface area contributed by atoms with Gasteiger partial charge in [0, 0.05) is 15.4 Å². The first-order valence-electron chi connectivity index (χ1n) is 6.71. The van der Waals surface area contributed by atoms with Crippen LogP contribution in [0.1, 0.15) is 36.7 Å². The molecule has 0 aliphatic carbocycles. The molecule has 0 aliphatic heterocycles. The molecular formula is C18H20OS. The Morgan fingerprint density at radius 2 is 1.55 bits per heavy atom. The third-order valence-corrected chi connectivity index (χ3v) is 3.79. The molecule has 0 saturated carbocycles. The van der Waals surface area contributed by atoms with Gasteiger partial charge in [-0.1, -0.05) is 74.7 Å². The minimum absolute atomic E-state index is 0.0918. The first-order chi connectivity index (χ1) is 9.72. The zero-order chi connectivity index (χ0) is 15.0. The monoisotopic (exact) mass is 284 g/mol. The first kappa shape index (κ1) is 16.3. The third kappa shape index (κ3) is 4.10. The van der Waals surface area contributed by atoms with Crippen LogP contribution in [0, 0.1) is 0 Å². The van der Waals surface area contributed by atoms with Crippen molar-refractivity contribution in [3.05, 3.63) is 66.2 Å². The number of hydrogen-bond acceptors (Lipinski definition) is 2. The lowest BCUT2D eigenvalue weighted by molar-refractivity contribution is 0.101. The van der Waals surface area contributed by atoms with Crippen LogP contribution < -0.4 is 0 Å². The van der Waals surface area contributed by atoms with Crippen molar-refractivity contribution in [3.8, 4) is 0 Å². The van der Waals surface area contributed by atoms with Crippen LogP contribution in [0.5, 0.6) is 0 Å². The summed E-state index contributed by atoms with van der Waals surface area (Å²) in [6.07, 6.45) is 1.83. The van der Waals surface area contributed by atoms with Crippen molar-refractivity contribution in [2.75, 3.05) is 0 Å². The predicted octanol–water partition coefficient (Wildman–Crippen LogP) is 5.71. The van der Waals surface area contributed by atoms with Gasteiger partial charge in [0.1, 0.15) is 0 Å². The van der Waals surface area contributed by atoms with Crippen molar-refractivity contribution in [2.45, 2.75) is 30.6 Å². The van der Waals surface area contributed by atoms with Crippen molar-refractivity contribution in [2.24, 2.45) is 0 Å². The summed E-state index contributed by atoms with van der Waals surface area (Å²) in [5.74, 6) is 0.0918. The topological polar surface area (TPSA) is 17.1 Å². The summed E-state index contributed by atoms with van der Waals surface area (Å²) < 4.78 is 0. The summed E-state index contributed by atoms with van der Waals surface area (Å²) in [6.45, 7) is 9.41. The lowest BCUT2D eigenvalue weighted by atomic mass is 10.1. The summed E-state index contributed by atoms with van der Waals surface area (Å²) in [5.41, 5.74) is 1.85. The molecule has 2 aromatic carbocycles. The number of ketones is 1. The molecule has 0 spiro atoms. The van der Waals surface area contributed by atoms with Gasteiger partial charge in [0.25, 0.3) is 0 Å². The Morgan fingerprint density at radius 1 is 1.00 bits per heavy atom. The molecule has 0 aromatic heterocycles. The number of rotatable bonds is 4. The molecule has 0 fully saturated rings. The zero-order valence-electron chi connectivity index (χ0n) is 12.2. The molecule has 0 saturated heterocycles. The van der Waals surface area contributed by atoms with Gasteiger partial charge in [0.05, 0.1) is 0 Å². The van der Waals surface area contributed by atoms with Crippen LogP contribution >= 0.6 is 11.8 Å². The molecule has 0 atom stereocenters. The number of benzene rings is 2. The molecule has 0 amide bonds. The summed E-state index contributed by atoms with van der Waals surface area (Å²) in [5, 5.41) is 0. The second kappa shape index (κ2) is 8.39. The van der Waals surface area contributed by atoms with Crippen molar-refractivity contribution in [1.82, 2.24) is 0 Å². The molecule has 0 bridgehead atoms. The fraction of sp³-hybridized carbons (Fsp3) is 0.167. The van der Waals surface area contributed by atoms with Crippen molar-refractivity contribution < 1.29 is 4.79 Å². The van der Waals surface area contributed by atoms with E-state index in [1.54, 1.807) is 18.7 Å². The molecule has 1 nitrogen and oxygen atoms in total. The Morgan fingerprint density at radius 3 is 2.15 bits per heavy atom. The highest BCUT2D eigenvalue weighted by Gasteiger charge is 2.08. The highest BCUT2D eigenvalue weighted by molar-refractivity contribution is 7.99. The van der Waals surface area contributed by atoms with Crippen molar-refractivity contribution >= 4 is 23.6 Å². The standard InChI is InChI=1S/C16H14OS.C2H6/c1-3-13-8-4-6-10-15(13)18-16-11-7-5-9-14(16)12(2)17;1-2/h3-11H,1H2,2H3;1-2H3. The lowest BCUT2D eigenvalue weighted by Crippen LogP contribution is -1.94. The summed E-state index contributed by atoms with van der Waals surface area (Å²) in [7, 11) is 0. The van der Waals surface area contributed by atoms with E-state index < -0.39 is 0 Å². The highest BCUT2D eigenvalue weighted by atomic mass is 32.2. The van der Waals surface area contributed by atoms with Crippen LogP contribution in [0.15, 0.2) is 64.9 Å². The van der Waals surface area contributed by atoms with E-state index in [1.807, 2.05) is 68.5 Å². The van der Waals surface area contributed by atoms with Gasteiger partial charge in [-0.15, -0.1) is 0 Å². The second-order valence-electron chi connectivity index (χ2n) is 3.90. The zero-order valence-corrected chi connectivity index (χ0v) is 13.0. The molecule has 2 aromatic rings. The van der Waals surface area contributed by atoms with E-state index in [0.717, 1.165) is 20.9 Å². The maximum Gasteiger partial charge on any atom is 0.160 e. The molecule has 0 radical (unpaired) electrons. The SMILES string of the molecule is C=Cc1ccccc1Sc1ccccc1C(C)=O.CC. The van der Waals surface area contributed by atoms with Gasteiger partial charge in [-0.25, -0.2) is 0 Å². The Labute approximate surface area is 125 Å². The molecule has 0 unspecified atom stereocenters. The smallest absolute Gasteiger partial charge is 0.160 e. The summed E-state index contributed by atoms with van der Waals surface area (Å²) in [6, 6.07) is 15.7. The second-order valence-corrected chi connectivity index (χ2v) is 4.98. The van der Waals surface area contributed by atoms with E-state index in [9.17, 15) is 4.79 Å². The fourth-order valence-electron chi connectivity index (χ4n) is 1.71. The van der Waals surface area contributed by atoms with Gasteiger partial charge >= 0.3 is 0 Å². The molecule has 104 valence electrons. The largest absolute Gasteiger partial charge is 0.294 e. The van der Waals surface area contributed by atoms with Crippen molar-refractivity contribution in [3.63, 3.8) is 0 Å². The maximum absolute atomic E-state index is 11.6. The number of Topliss-reactive ketones (excluding diaryl/α,β-unsaturated/α-hetero) is 1. The highest BCUT2D eigenvalue weighted by Crippen LogP contribution is 2.33. The maximum atomic E-state index is 11.6. The van der Waals surface area contributed by atoms with Gasteiger partial charge in [0.15, 0.2) is 5.78 Å². The molecule has 0 heterocycles. The Bertz CT molecular complexity index is 587. The Balaban J connectivity index is 0.000000956. The van der Waals surface area contributed by atoms with Gasteiger partial charge < -0.3 is 0 Å². The molecule has 0 aliphatic rings. The number of hydrogen-bond donors (Lipinski definition) is 0. The van der Waals surface area contributed by atoms with Gasteiger partial charge in [-0.3, -0.25) is 4.79 Å². The third-order valence-electron chi connectivity index (χ3n) is 2.63. The summed E-state index contributed by atoms with van der Waals surface area (Å²) >= 11 is 1.60. The van der Waals surface area contributed by atoms with Gasteiger partial charge in [0.2, 0.25) is 0 Å².